The molecule has 1 aromatic heterocycles. The normalized spacial score (nSPS) is 23.5. The second-order valence-electron chi connectivity index (χ2n) is 4.54. The SMILES string of the molecule is CCn1nncc1C(=O)C1CC1(C)C. The monoisotopic (exact) mass is 193 g/mol. The van der Waals surface area contributed by atoms with Gasteiger partial charge >= 0.3 is 0 Å². The molecule has 0 N–H and O–H groups in total. The van der Waals surface area contributed by atoms with Crippen LogP contribution in [0, 0.1) is 11.3 Å². The van der Waals surface area contributed by atoms with E-state index in [0.717, 1.165) is 6.42 Å². The molecule has 1 aromatic rings. The molecule has 1 saturated carbocycles. The van der Waals surface area contributed by atoms with Gasteiger partial charge in [-0.3, -0.25) is 4.79 Å². The summed E-state index contributed by atoms with van der Waals surface area (Å²) in [5.74, 6) is 0.369. The third kappa shape index (κ3) is 1.35. The van der Waals surface area contributed by atoms with Crippen molar-refractivity contribution < 1.29 is 4.79 Å². The Morgan fingerprint density at radius 1 is 1.71 bits per heavy atom. The van der Waals surface area contributed by atoms with Crippen molar-refractivity contribution in [2.24, 2.45) is 11.3 Å². The molecule has 0 saturated heterocycles. The smallest absolute Gasteiger partial charge is 0.186 e. The average Bonchev–Trinajstić information content (AvgIpc) is 2.64. The van der Waals surface area contributed by atoms with Crippen molar-refractivity contribution in [1.82, 2.24) is 15.0 Å². The van der Waals surface area contributed by atoms with Crippen LogP contribution in [-0.2, 0) is 6.54 Å². The molecule has 1 atom stereocenters. The van der Waals surface area contributed by atoms with Gasteiger partial charge in [-0.2, -0.15) is 0 Å². The number of carbonyl (C=O) groups excluding carboxylic acids is 1. The molecule has 1 aliphatic carbocycles. The van der Waals surface area contributed by atoms with Crippen molar-refractivity contribution in [2.75, 3.05) is 0 Å². The van der Waals surface area contributed by atoms with E-state index < -0.39 is 0 Å². The largest absolute Gasteiger partial charge is 0.292 e. The second kappa shape index (κ2) is 2.90. The Kier molecular flexibility index (Phi) is 1.94. The number of ketones is 1. The van der Waals surface area contributed by atoms with E-state index in [9.17, 15) is 4.79 Å². The summed E-state index contributed by atoms with van der Waals surface area (Å²) in [6.07, 6.45) is 2.56. The van der Waals surface area contributed by atoms with Crippen LogP contribution in [0.2, 0.25) is 0 Å². The standard InChI is InChI=1S/C10H15N3O/c1-4-13-8(6-11-12-13)9(14)7-5-10(7,2)3/h6-7H,4-5H2,1-3H3. The Bertz CT molecular complexity index is 367. The van der Waals surface area contributed by atoms with E-state index >= 15 is 0 Å². The Morgan fingerprint density at radius 3 is 2.86 bits per heavy atom. The molecule has 0 spiro atoms. The lowest BCUT2D eigenvalue weighted by Gasteiger charge is -2.03. The summed E-state index contributed by atoms with van der Waals surface area (Å²) in [7, 11) is 0. The van der Waals surface area contributed by atoms with Gasteiger partial charge in [-0.15, -0.1) is 5.10 Å². The van der Waals surface area contributed by atoms with Crippen molar-refractivity contribution >= 4 is 5.78 Å². The van der Waals surface area contributed by atoms with Crippen molar-refractivity contribution in [3.8, 4) is 0 Å². The summed E-state index contributed by atoms with van der Waals surface area (Å²) < 4.78 is 1.66. The first-order valence-electron chi connectivity index (χ1n) is 4.99. The van der Waals surface area contributed by atoms with Crippen molar-refractivity contribution in [3.63, 3.8) is 0 Å². The Labute approximate surface area is 83.3 Å². The lowest BCUT2D eigenvalue weighted by atomic mass is 10.1. The Hall–Kier alpha value is -1.19. The Morgan fingerprint density at radius 2 is 2.36 bits per heavy atom. The van der Waals surface area contributed by atoms with Gasteiger partial charge in [0.05, 0.1) is 6.20 Å². The van der Waals surface area contributed by atoms with E-state index in [0.29, 0.717) is 12.2 Å². The first-order valence-corrected chi connectivity index (χ1v) is 4.99. The van der Waals surface area contributed by atoms with E-state index in [1.165, 1.54) is 0 Å². The lowest BCUT2D eigenvalue weighted by molar-refractivity contribution is 0.0942. The van der Waals surface area contributed by atoms with Gasteiger partial charge in [0.2, 0.25) is 0 Å². The fraction of sp³-hybridized carbons (Fsp3) is 0.700. The molecule has 76 valence electrons. The van der Waals surface area contributed by atoms with Crippen molar-refractivity contribution in [2.45, 2.75) is 33.7 Å². The molecule has 0 aliphatic heterocycles. The average molecular weight is 193 g/mol. The zero-order chi connectivity index (χ0) is 10.3. The summed E-state index contributed by atoms with van der Waals surface area (Å²) >= 11 is 0. The fourth-order valence-electron chi connectivity index (χ4n) is 1.78. The quantitative estimate of drug-likeness (QED) is 0.684. The lowest BCUT2D eigenvalue weighted by Crippen LogP contribution is -2.13. The molecular formula is C10H15N3O. The maximum atomic E-state index is 12.0. The van der Waals surface area contributed by atoms with E-state index in [1.807, 2.05) is 6.92 Å². The van der Waals surface area contributed by atoms with Gasteiger partial charge in [-0.1, -0.05) is 19.1 Å². The Balaban J connectivity index is 2.20. The van der Waals surface area contributed by atoms with Gasteiger partial charge in [0.25, 0.3) is 0 Å². The molecule has 0 aromatic carbocycles. The number of hydrogen-bond acceptors (Lipinski definition) is 3. The topological polar surface area (TPSA) is 47.8 Å². The number of hydrogen-bond donors (Lipinski definition) is 0. The highest BCUT2D eigenvalue weighted by atomic mass is 16.1. The third-order valence-corrected chi connectivity index (χ3v) is 3.00. The molecule has 1 heterocycles. The minimum Gasteiger partial charge on any atom is -0.292 e. The van der Waals surface area contributed by atoms with Crippen molar-refractivity contribution in [1.29, 1.82) is 0 Å². The van der Waals surface area contributed by atoms with Crippen LogP contribution in [0.5, 0.6) is 0 Å². The number of Topliss-reactive ketones (excluding diaryl/α,β-unsaturated/α-hetero) is 1. The summed E-state index contributed by atoms with van der Waals surface area (Å²) in [5.41, 5.74) is 0.836. The molecule has 0 amide bonds. The van der Waals surface area contributed by atoms with Crippen LogP contribution >= 0.6 is 0 Å². The number of aromatic nitrogens is 3. The van der Waals surface area contributed by atoms with Gasteiger partial charge in [0.1, 0.15) is 5.69 Å². The highest BCUT2D eigenvalue weighted by molar-refractivity contribution is 5.98. The molecule has 1 unspecified atom stereocenters. The predicted molar refractivity (Wildman–Crippen MR) is 51.9 cm³/mol. The zero-order valence-corrected chi connectivity index (χ0v) is 8.82. The zero-order valence-electron chi connectivity index (χ0n) is 8.82. The first kappa shape index (κ1) is 9.37. The van der Waals surface area contributed by atoms with E-state index in [1.54, 1.807) is 10.9 Å². The highest BCUT2D eigenvalue weighted by Crippen LogP contribution is 2.52. The fourth-order valence-corrected chi connectivity index (χ4v) is 1.78. The van der Waals surface area contributed by atoms with Gasteiger partial charge in [-0.05, 0) is 18.8 Å². The van der Waals surface area contributed by atoms with Crippen molar-refractivity contribution in [3.05, 3.63) is 11.9 Å². The molecule has 4 heteroatoms. The van der Waals surface area contributed by atoms with Crippen LogP contribution in [0.3, 0.4) is 0 Å². The van der Waals surface area contributed by atoms with Gasteiger partial charge in [0, 0.05) is 12.5 Å². The number of aryl methyl sites for hydroxylation is 1. The second-order valence-corrected chi connectivity index (χ2v) is 4.54. The number of carbonyl (C=O) groups is 1. The molecular weight excluding hydrogens is 178 g/mol. The van der Waals surface area contributed by atoms with Crippen LogP contribution in [0.1, 0.15) is 37.7 Å². The first-order chi connectivity index (χ1) is 6.56. The van der Waals surface area contributed by atoms with Crippen LogP contribution < -0.4 is 0 Å². The van der Waals surface area contributed by atoms with Crippen LogP contribution in [0.25, 0.3) is 0 Å². The molecule has 2 rings (SSSR count). The summed E-state index contributed by atoms with van der Waals surface area (Å²) in [5, 5.41) is 7.62. The minimum absolute atomic E-state index is 0.172. The van der Waals surface area contributed by atoms with Gasteiger partial charge in [-0.25, -0.2) is 4.68 Å². The summed E-state index contributed by atoms with van der Waals surface area (Å²) in [4.78, 5) is 12.0. The maximum Gasteiger partial charge on any atom is 0.186 e. The number of rotatable bonds is 3. The molecule has 4 nitrogen and oxygen atoms in total. The van der Waals surface area contributed by atoms with E-state index in [-0.39, 0.29) is 17.1 Å². The minimum atomic E-state index is 0.172. The summed E-state index contributed by atoms with van der Waals surface area (Å²) in [6.45, 7) is 6.91. The van der Waals surface area contributed by atoms with Crippen LogP contribution in [0.15, 0.2) is 6.20 Å². The van der Waals surface area contributed by atoms with Gasteiger partial charge in [0.15, 0.2) is 5.78 Å². The highest BCUT2D eigenvalue weighted by Gasteiger charge is 2.51. The van der Waals surface area contributed by atoms with E-state index in [4.69, 9.17) is 0 Å². The molecule has 1 fully saturated rings. The number of nitrogens with zero attached hydrogens (tertiary/aromatic N) is 3. The van der Waals surface area contributed by atoms with Crippen LogP contribution in [-0.4, -0.2) is 20.8 Å². The molecule has 0 radical (unpaired) electrons. The summed E-state index contributed by atoms with van der Waals surface area (Å²) in [6, 6.07) is 0. The molecule has 14 heavy (non-hydrogen) atoms. The predicted octanol–water partition coefficient (Wildman–Crippen LogP) is 1.53. The third-order valence-electron chi connectivity index (χ3n) is 3.00. The maximum absolute atomic E-state index is 12.0. The van der Waals surface area contributed by atoms with Crippen LogP contribution in [0.4, 0.5) is 0 Å². The molecule has 1 aliphatic rings. The van der Waals surface area contributed by atoms with E-state index in [2.05, 4.69) is 24.2 Å². The molecule has 0 bridgehead atoms. The van der Waals surface area contributed by atoms with Gasteiger partial charge < -0.3 is 0 Å².